The summed E-state index contributed by atoms with van der Waals surface area (Å²) in [5.41, 5.74) is 12.7. The van der Waals surface area contributed by atoms with Crippen LogP contribution in [-0.4, -0.2) is 106 Å². The van der Waals surface area contributed by atoms with Crippen LogP contribution in [0.1, 0.15) is 12.5 Å². The number of nitrogen functional groups attached to an aromatic ring is 2. The van der Waals surface area contributed by atoms with Gasteiger partial charge in [0.15, 0.2) is 41.6 Å². The second kappa shape index (κ2) is 11.2. The van der Waals surface area contributed by atoms with Gasteiger partial charge in [0.25, 0.3) is 0 Å². The Bertz CT molecular complexity index is 1650. The molecule has 2 fully saturated rings. The number of nitrogens with zero attached hydrogens (tertiary/aromatic N) is 8. The summed E-state index contributed by atoms with van der Waals surface area (Å²) in [5.74, 6) is 0.231. The highest BCUT2D eigenvalue weighted by Crippen LogP contribution is 2.47. The molecule has 6 rings (SSSR count). The number of hydrogen-bond donors (Lipinski definition) is 4. The molecule has 21 heteroatoms. The van der Waals surface area contributed by atoms with Gasteiger partial charge >= 0.3 is 0 Å². The van der Waals surface area contributed by atoms with Crippen molar-refractivity contribution >= 4 is 52.5 Å². The third kappa shape index (κ3) is 4.98. The molecule has 42 heavy (non-hydrogen) atoms. The van der Waals surface area contributed by atoms with Crippen molar-refractivity contribution < 1.29 is 42.8 Å². The maximum absolute atomic E-state index is 15.7. The number of rotatable bonds is 9. The molecule has 4 aromatic heterocycles. The molecule has 6 N–H and O–H groups in total. The summed E-state index contributed by atoms with van der Waals surface area (Å²) < 4.78 is 46.2. The molecule has 0 spiro atoms. The van der Waals surface area contributed by atoms with Crippen LogP contribution in [0.2, 0.25) is 0 Å². The van der Waals surface area contributed by atoms with E-state index in [1.54, 1.807) is 0 Å². The van der Waals surface area contributed by atoms with Crippen LogP contribution in [0.3, 0.4) is 0 Å². The van der Waals surface area contributed by atoms with Crippen molar-refractivity contribution in [2.24, 2.45) is 0 Å². The number of methoxy groups -OCH3 is 1. The standard InChI is InChI=1S/C21H26FN10O8PS/c1-36-15-13(34)9(39-21(15)32-7-30-12-17(24)26-5-28-19(12)32)3-37-41(35,42)40-14-8(2-33)38-20(10(14)22)31-6-29-11-16(23)25-4-27-18(11)31/h4-10,13-15,20-21,33-34H,2-3H2,1H3,(H,35,42)(H2,23,25,27)(H2,24,26,28)/p-1/t8-,9-,10+,13?,14?,15+,20-,21-,41?/m1/s1. The number of aliphatic hydroxyl groups excluding tert-OH is 2. The van der Waals surface area contributed by atoms with Gasteiger partial charge in [-0.1, -0.05) is 11.8 Å². The van der Waals surface area contributed by atoms with Gasteiger partial charge in [-0.25, -0.2) is 34.3 Å². The van der Waals surface area contributed by atoms with E-state index in [1.807, 2.05) is 0 Å². The Morgan fingerprint density at radius 1 is 0.976 bits per heavy atom. The molecule has 9 atom stereocenters. The zero-order valence-electron chi connectivity index (χ0n) is 21.7. The fourth-order valence-electron chi connectivity index (χ4n) is 4.98. The zero-order valence-corrected chi connectivity index (χ0v) is 23.4. The van der Waals surface area contributed by atoms with Crippen LogP contribution < -0.4 is 16.4 Å². The molecular formula is C21H25FN10O8PS-. The second-order valence-electron chi connectivity index (χ2n) is 9.43. The monoisotopic (exact) mass is 627 g/mol. The second-order valence-corrected chi connectivity index (χ2v) is 12.1. The molecule has 18 nitrogen and oxygen atoms in total. The van der Waals surface area contributed by atoms with Crippen molar-refractivity contribution in [1.29, 1.82) is 0 Å². The molecule has 0 aliphatic carbocycles. The summed E-state index contributed by atoms with van der Waals surface area (Å²) in [4.78, 5) is 37.4. The van der Waals surface area contributed by atoms with E-state index in [2.05, 4.69) is 29.9 Å². The Morgan fingerprint density at radius 2 is 1.55 bits per heavy atom. The fraction of sp³-hybridized carbons (Fsp3) is 0.524. The highest BCUT2D eigenvalue weighted by atomic mass is 32.5. The van der Waals surface area contributed by atoms with Gasteiger partial charge in [0.05, 0.1) is 25.9 Å². The lowest BCUT2D eigenvalue weighted by molar-refractivity contribution is -0.217. The average molecular weight is 628 g/mol. The van der Waals surface area contributed by atoms with Crippen molar-refractivity contribution in [3.63, 3.8) is 0 Å². The van der Waals surface area contributed by atoms with Crippen LogP contribution in [0, 0.1) is 0 Å². The van der Waals surface area contributed by atoms with Gasteiger partial charge in [-0.2, -0.15) is 0 Å². The van der Waals surface area contributed by atoms with E-state index >= 15 is 4.39 Å². The molecule has 3 unspecified atom stereocenters. The number of imidazole rings is 2. The van der Waals surface area contributed by atoms with E-state index in [-0.39, 0.29) is 22.8 Å². The third-order valence-corrected chi connectivity index (χ3v) is 8.54. The minimum absolute atomic E-state index is 0.0787. The van der Waals surface area contributed by atoms with E-state index in [9.17, 15) is 15.1 Å². The van der Waals surface area contributed by atoms with Crippen molar-refractivity contribution in [3.05, 3.63) is 25.3 Å². The highest BCUT2D eigenvalue weighted by molar-refractivity contribution is 8.06. The Balaban J connectivity index is 1.15. The molecule has 0 saturated carbocycles. The number of alkyl halides is 1. The lowest BCUT2D eigenvalue weighted by Gasteiger charge is -2.33. The van der Waals surface area contributed by atoms with Crippen LogP contribution >= 0.6 is 6.72 Å². The van der Waals surface area contributed by atoms with Crippen molar-refractivity contribution in [3.8, 4) is 0 Å². The van der Waals surface area contributed by atoms with Gasteiger partial charge in [-0.15, -0.1) is 0 Å². The minimum atomic E-state index is -4.43. The van der Waals surface area contributed by atoms with Gasteiger partial charge in [-0.05, 0) is 0 Å². The summed E-state index contributed by atoms with van der Waals surface area (Å²) >= 11 is 5.02. The van der Waals surface area contributed by atoms with Gasteiger partial charge in [0, 0.05) is 7.11 Å². The van der Waals surface area contributed by atoms with Crippen LogP contribution in [0.25, 0.3) is 22.3 Å². The Hall–Kier alpha value is -3.04. The highest BCUT2D eigenvalue weighted by Gasteiger charge is 2.49. The first-order valence-electron chi connectivity index (χ1n) is 12.4. The number of ether oxygens (including phenoxy) is 3. The summed E-state index contributed by atoms with van der Waals surface area (Å²) in [6.07, 6.45) is -5.32. The number of fused-ring (bicyclic) bond motifs is 2. The number of nitrogens with two attached hydrogens (primary N) is 2. The van der Waals surface area contributed by atoms with Crippen molar-refractivity contribution in [2.45, 2.75) is 49.1 Å². The van der Waals surface area contributed by atoms with Gasteiger partial charge in [0.1, 0.15) is 60.9 Å². The number of aromatic nitrogens is 8. The molecular weight excluding hydrogens is 602 g/mol. The van der Waals surface area contributed by atoms with E-state index in [1.165, 1.54) is 41.6 Å². The van der Waals surface area contributed by atoms with Gasteiger partial charge < -0.3 is 49.8 Å². The van der Waals surface area contributed by atoms with Gasteiger partial charge in [0.2, 0.25) is 0 Å². The van der Waals surface area contributed by atoms with Crippen molar-refractivity contribution in [1.82, 2.24) is 39.0 Å². The van der Waals surface area contributed by atoms with Gasteiger partial charge in [-0.3, -0.25) is 9.13 Å². The van der Waals surface area contributed by atoms with Crippen LogP contribution in [-0.2, 0) is 35.1 Å². The first-order chi connectivity index (χ1) is 20.1. The predicted molar refractivity (Wildman–Crippen MR) is 141 cm³/mol. The smallest absolute Gasteiger partial charge is 0.174 e. The van der Waals surface area contributed by atoms with E-state index < -0.39 is 69.1 Å². The van der Waals surface area contributed by atoms with Crippen LogP contribution in [0.4, 0.5) is 16.0 Å². The first kappa shape index (κ1) is 29.1. The maximum Gasteiger partial charge on any atom is 0.174 e. The molecule has 6 heterocycles. The SMILES string of the molecule is CO[C@H]1C(O)[C@@H](COP([O-])(=S)OC2[C@@H](CO)O[C@@H](n3cnc4c(N)ncnc43)[C@H]2F)O[C@H]1n1cnc2c(N)ncnc21. The zero-order chi connectivity index (χ0) is 29.8. The Kier molecular flexibility index (Phi) is 7.77. The van der Waals surface area contributed by atoms with Crippen LogP contribution in [0.15, 0.2) is 25.3 Å². The summed E-state index contributed by atoms with van der Waals surface area (Å²) in [6.45, 7) is -5.63. The predicted octanol–water partition coefficient (Wildman–Crippen LogP) is -1.68. The number of hydrogen-bond acceptors (Lipinski definition) is 17. The summed E-state index contributed by atoms with van der Waals surface area (Å²) in [6, 6.07) is 0. The first-order valence-corrected chi connectivity index (χ1v) is 15.0. The molecule has 0 amide bonds. The average Bonchev–Trinajstić information content (AvgIpc) is 3.72. The number of aliphatic hydroxyl groups is 2. The summed E-state index contributed by atoms with van der Waals surface area (Å²) in [7, 11) is 1.37. The molecule has 226 valence electrons. The Morgan fingerprint density at radius 3 is 2.12 bits per heavy atom. The van der Waals surface area contributed by atoms with Crippen molar-refractivity contribution in [2.75, 3.05) is 31.8 Å². The molecule has 2 saturated heterocycles. The summed E-state index contributed by atoms with van der Waals surface area (Å²) in [5, 5.41) is 20.7. The molecule has 0 radical (unpaired) electrons. The van der Waals surface area contributed by atoms with Crippen LogP contribution in [0.5, 0.6) is 0 Å². The quantitative estimate of drug-likeness (QED) is 0.151. The Labute approximate surface area is 240 Å². The fourth-order valence-corrected chi connectivity index (χ4v) is 6.40. The normalized spacial score (nSPS) is 31.3. The van der Waals surface area contributed by atoms with E-state index in [0.717, 1.165) is 0 Å². The molecule has 2 aliphatic heterocycles. The molecule has 0 bridgehead atoms. The number of anilines is 2. The third-order valence-electron chi connectivity index (χ3n) is 7.00. The lowest BCUT2D eigenvalue weighted by atomic mass is 10.1. The topological polar surface area (TPSA) is 249 Å². The molecule has 2 aliphatic rings. The minimum Gasteiger partial charge on any atom is -0.780 e. The number of halogens is 1. The van der Waals surface area contributed by atoms with E-state index in [4.69, 9.17) is 46.5 Å². The largest absolute Gasteiger partial charge is 0.780 e. The molecule has 0 aromatic carbocycles. The maximum atomic E-state index is 15.7. The lowest BCUT2D eigenvalue weighted by Crippen LogP contribution is -2.37. The van der Waals surface area contributed by atoms with E-state index in [0.29, 0.717) is 11.2 Å². The molecule has 4 aromatic rings.